The van der Waals surface area contributed by atoms with Crippen molar-refractivity contribution >= 4 is 23.6 Å². The molecule has 1 aliphatic heterocycles. The smallest absolute Gasteiger partial charge is 0.416 e. The highest BCUT2D eigenvalue weighted by Crippen LogP contribution is 2.43. The molecule has 198 valence electrons. The van der Waals surface area contributed by atoms with Crippen LogP contribution in [0, 0.1) is 11.3 Å². The Morgan fingerprint density at radius 2 is 1.76 bits per heavy atom. The number of carbonyl (C=O) groups is 3. The number of alkyl halides is 3. The summed E-state index contributed by atoms with van der Waals surface area (Å²) < 4.78 is 50.0. The third-order valence-corrected chi connectivity index (χ3v) is 5.88. The Bertz CT molecular complexity index is 1390. The van der Waals surface area contributed by atoms with Gasteiger partial charge in [-0.15, -0.1) is 0 Å². The lowest BCUT2D eigenvalue weighted by Gasteiger charge is -2.38. The molecule has 1 aliphatic rings. The van der Waals surface area contributed by atoms with Crippen molar-refractivity contribution in [3.8, 4) is 6.07 Å². The summed E-state index contributed by atoms with van der Waals surface area (Å²) in [5.41, 5.74) is 4.43. The van der Waals surface area contributed by atoms with E-state index in [1.54, 1.807) is 0 Å². The number of anilines is 1. The fourth-order valence-corrected chi connectivity index (χ4v) is 4.09. The zero-order valence-corrected chi connectivity index (χ0v) is 20.3. The molecule has 0 saturated heterocycles. The number of nitrogens with two attached hydrogens (primary N) is 1. The van der Waals surface area contributed by atoms with Gasteiger partial charge in [0.2, 0.25) is 0 Å². The summed E-state index contributed by atoms with van der Waals surface area (Å²) in [6.45, 7) is 2.57. The maximum atomic E-state index is 13.4. The number of ether oxygens (including phenoxy) is 2. The van der Waals surface area contributed by atoms with Crippen molar-refractivity contribution in [1.29, 1.82) is 5.26 Å². The van der Waals surface area contributed by atoms with Crippen molar-refractivity contribution in [2.24, 2.45) is 5.73 Å². The lowest BCUT2D eigenvalue weighted by Crippen LogP contribution is -2.42. The number of esters is 2. The molecule has 0 fully saturated rings. The molecule has 0 radical (unpaired) electrons. The number of rotatable bonds is 6. The molecule has 2 aromatic carbocycles. The van der Waals surface area contributed by atoms with E-state index in [1.165, 1.54) is 44.2 Å². The van der Waals surface area contributed by atoms with Gasteiger partial charge in [0.1, 0.15) is 5.82 Å². The van der Waals surface area contributed by atoms with E-state index < -0.39 is 53.1 Å². The second-order valence-corrected chi connectivity index (χ2v) is 8.21. The molecule has 9 nitrogen and oxygen atoms in total. The van der Waals surface area contributed by atoms with Crippen LogP contribution in [0.2, 0.25) is 0 Å². The van der Waals surface area contributed by atoms with Gasteiger partial charge in [0.15, 0.2) is 6.10 Å². The monoisotopic (exact) mass is 528 g/mol. The van der Waals surface area contributed by atoms with Crippen LogP contribution in [0.3, 0.4) is 0 Å². The van der Waals surface area contributed by atoms with Crippen LogP contribution < -0.4 is 15.7 Å². The van der Waals surface area contributed by atoms with Gasteiger partial charge in [0.05, 0.1) is 35.8 Å². The Kier molecular flexibility index (Phi) is 7.81. The van der Waals surface area contributed by atoms with Crippen molar-refractivity contribution in [1.82, 2.24) is 0 Å². The number of benzene rings is 2. The Balaban J connectivity index is 2.30. The molecule has 0 spiro atoms. The predicted octanol–water partition coefficient (Wildman–Crippen LogP) is 2.48. The fraction of sp³-hybridized carbons (Fsp3) is 0.231. The highest BCUT2D eigenvalue weighted by atomic mass is 19.4. The summed E-state index contributed by atoms with van der Waals surface area (Å²) in [5.74, 6) is -5.74. The van der Waals surface area contributed by atoms with Crippen LogP contribution in [0.1, 0.15) is 36.5 Å². The molecule has 3 rings (SSSR count). The topological polar surface area (TPSA) is 146 Å². The number of nitrogens with zero attached hydrogens (tertiary/aromatic N) is 2. The molecular weight excluding hydrogens is 507 g/mol. The van der Waals surface area contributed by atoms with E-state index in [0.29, 0.717) is 0 Å². The van der Waals surface area contributed by atoms with E-state index in [-0.39, 0.29) is 28.1 Å². The van der Waals surface area contributed by atoms with Crippen LogP contribution in [0.15, 0.2) is 71.2 Å². The van der Waals surface area contributed by atoms with E-state index in [0.717, 1.165) is 30.2 Å². The number of carbonyl (C=O) groups excluding carboxylic acids is 3. The van der Waals surface area contributed by atoms with Gasteiger partial charge in [-0.1, -0.05) is 18.2 Å². The second kappa shape index (κ2) is 10.7. The lowest BCUT2D eigenvalue weighted by atomic mass is 9.80. The molecule has 0 bridgehead atoms. The molecule has 0 saturated carbocycles. The second-order valence-electron chi connectivity index (χ2n) is 8.21. The number of carboxylic acids is 1. The number of halogens is 3. The minimum Gasteiger partial charge on any atom is -0.545 e. The predicted molar refractivity (Wildman–Crippen MR) is 124 cm³/mol. The largest absolute Gasteiger partial charge is 0.545 e. The fourth-order valence-electron chi connectivity index (χ4n) is 4.09. The first-order valence-corrected chi connectivity index (χ1v) is 11.0. The highest BCUT2D eigenvalue weighted by Gasteiger charge is 2.40. The lowest BCUT2D eigenvalue weighted by molar-refractivity contribution is -0.299. The SMILES string of the molecule is COC(=O)[C@@H](C)OC(=O)C1=C(C)N(c2cccc(C(F)(F)F)c2)C(N)=C(C(=O)[O-])C1c1ccc(C#N)cc1. The standard InChI is InChI=1S/C26H22F3N3O6/c1-13-19(25(36)38-14(2)24(35)37-3)20(16-9-7-15(12-30)8-10-16)21(23(33)34)22(31)32(13)18-6-4-5-17(11-18)26(27,28)29/h4-11,14,20H,31H2,1-3H3,(H,33,34)/p-1/t14-,20?/m1/s1. The van der Waals surface area contributed by atoms with Gasteiger partial charge in [-0.25, -0.2) is 9.59 Å². The molecule has 0 aromatic heterocycles. The number of hydrogen-bond acceptors (Lipinski definition) is 9. The summed E-state index contributed by atoms with van der Waals surface area (Å²) in [6.07, 6.45) is -6.12. The van der Waals surface area contributed by atoms with Crippen LogP contribution in [0.25, 0.3) is 0 Å². The van der Waals surface area contributed by atoms with E-state index in [2.05, 4.69) is 4.74 Å². The molecule has 2 N–H and O–H groups in total. The molecule has 0 aliphatic carbocycles. The Morgan fingerprint density at radius 3 is 2.29 bits per heavy atom. The zero-order chi connectivity index (χ0) is 28.4. The van der Waals surface area contributed by atoms with Crippen LogP contribution in [0.4, 0.5) is 18.9 Å². The number of hydrogen-bond donors (Lipinski definition) is 1. The summed E-state index contributed by atoms with van der Waals surface area (Å²) in [7, 11) is 1.07. The Morgan fingerprint density at radius 1 is 1.13 bits per heavy atom. The Labute approximate surface area is 215 Å². The number of methoxy groups -OCH3 is 1. The van der Waals surface area contributed by atoms with Gasteiger partial charge < -0.3 is 30.0 Å². The minimum absolute atomic E-state index is 0.0525. The van der Waals surface area contributed by atoms with Gasteiger partial charge in [-0.2, -0.15) is 18.4 Å². The van der Waals surface area contributed by atoms with Crippen molar-refractivity contribution in [2.75, 3.05) is 12.0 Å². The van der Waals surface area contributed by atoms with Crippen LogP contribution >= 0.6 is 0 Å². The molecule has 0 amide bonds. The summed E-state index contributed by atoms with van der Waals surface area (Å²) in [6, 6.07) is 11.4. The van der Waals surface area contributed by atoms with Gasteiger partial charge in [-0.05, 0) is 49.7 Å². The Hall–Kier alpha value is -4.79. The summed E-state index contributed by atoms with van der Waals surface area (Å²) in [5, 5.41) is 21.5. The van der Waals surface area contributed by atoms with Crippen LogP contribution in [-0.4, -0.2) is 31.1 Å². The van der Waals surface area contributed by atoms with Gasteiger partial charge in [0.25, 0.3) is 0 Å². The highest BCUT2D eigenvalue weighted by molar-refractivity contribution is 6.01. The molecule has 2 aromatic rings. The maximum Gasteiger partial charge on any atom is 0.416 e. The van der Waals surface area contributed by atoms with Gasteiger partial charge >= 0.3 is 18.1 Å². The first kappa shape index (κ1) is 27.8. The molecule has 38 heavy (non-hydrogen) atoms. The average Bonchev–Trinajstić information content (AvgIpc) is 2.87. The van der Waals surface area contributed by atoms with Crippen molar-refractivity contribution < 1.29 is 42.1 Å². The minimum atomic E-state index is -4.72. The summed E-state index contributed by atoms with van der Waals surface area (Å²) >= 11 is 0. The number of nitriles is 1. The molecule has 12 heteroatoms. The number of carboxylic acid groups (broad SMARTS) is 1. The normalized spacial score (nSPS) is 16.6. The molecule has 2 atom stereocenters. The molecular formula is C26H21F3N3O6-. The van der Waals surface area contributed by atoms with Gasteiger partial charge in [0, 0.05) is 22.9 Å². The van der Waals surface area contributed by atoms with Crippen LogP contribution in [0.5, 0.6) is 0 Å². The zero-order valence-electron chi connectivity index (χ0n) is 20.3. The van der Waals surface area contributed by atoms with Crippen molar-refractivity contribution in [3.05, 3.63) is 87.9 Å². The first-order valence-electron chi connectivity index (χ1n) is 11.0. The molecule has 1 heterocycles. The quantitative estimate of drug-likeness (QED) is 0.559. The number of allylic oxidation sites excluding steroid dienone is 1. The van der Waals surface area contributed by atoms with E-state index >= 15 is 0 Å². The van der Waals surface area contributed by atoms with E-state index in [9.17, 15) is 32.7 Å². The van der Waals surface area contributed by atoms with Crippen LogP contribution in [-0.2, 0) is 30.0 Å². The first-order chi connectivity index (χ1) is 17.8. The molecule has 1 unspecified atom stereocenters. The maximum absolute atomic E-state index is 13.4. The van der Waals surface area contributed by atoms with Crippen molar-refractivity contribution in [3.63, 3.8) is 0 Å². The number of aliphatic carboxylic acids is 1. The third kappa shape index (κ3) is 5.31. The summed E-state index contributed by atoms with van der Waals surface area (Å²) in [4.78, 5) is 38.6. The van der Waals surface area contributed by atoms with E-state index in [1.807, 2.05) is 6.07 Å². The third-order valence-electron chi connectivity index (χ3n) is 5.88. The average molecular weight is 528 g/mol. The van der Waals surface area contributed by atoms with Crippen molar-refractivity contribution in [2.45, 2.75) is 32.0 Å². The van der Waals surface area contributed by atoms with Gasteiger partial charge in [-0.3, -0.25) is 0 Å². The van der Waals surface area contributed by atoms with E-state index in [4.69, 9.17) is 15.7 Å².